The number of Topliss-reactive ketones (excluding diaryl/α,β-unsaturated/α-hetero) is 1. The van der Waals surface area contributed by atoms with E-state index >= 15 is 0 Å². The lowest BCUT2D eigenvalue weighted by Crippen LogP contribution is -2.29. The maximum atomic E-state index is 11.1. The van der Waals surface area contributed by atoms with E-state index in [0.29, 0.717) is 0 Å². The molecule has 1 aromatic heterocycles. The van der Waals surface area contributed by atoms with Crippen LogP contribution in [0.1, 0.15) is 29.0 Å². The normalized spacial score (nSPS) is 9.86. The number of carbonyl (C=O) groups is 2. The monoisotopic (exact) mass is 195 g/mol. The van der Waals surface area contributed by atoms with Gasteiger partial charge in [-0.15, -0.1) is 0 Å². The first-order chi connectivity index (χ1) is 6.43. The molecular formula is C8H9N3O3. The van der Waals surface area contributed by atoms with Crippen molar-refractivity contribution < 1.29 is 9.59 Å². The third-order valence-corrected chi connectivity index (χ3v) is 1.67. The fourth-order valence-corrected chi connectivity index (χ4v) is 0.964. The van der Waals surface area contributed by atoms with Gasteiger partial charge in [-0.1, -0.05) is 0 Å². The Hall–Kier alpha value is -1.98. The van der Waals surface area contributed by atoms with Gasteiger partial charge in [0.1, 0.15) is 5.82 Å². The van der Waals surface area contributed by atoms with Crippen molar-refractivity contribution in [1.82, 2.24) is 9.55 Å². The van der Waals surface area contributed by atoms with Crippen LogP contribution in [0.5, 0.6) is 0 Å². The zero-order chi connectivity index (χ0) is 10.9. The largest absolute Gasteiger partial charge is 0.383 e. The molecule has 0 saturated heterocycles. The third kappa shape index (κ3) is 1.68. The van der Waals surface area contributed by atoms with Gasteiger partial charge in [0.2, 0.25) is 5.91 Å². The summed E-state index contributed by atoms with van der Waals surface area (Å²) in [4.78, 5) is 36.4. The highest BCUT2D eigenvalue weighted by Crippen LogP contribution is 2.05. The van der Waals surface area contributed by atoms with Gasteiger partial charge in [0, 0.05) is 13.1 Å². The van der Waals surface area contributed by atoms with Crippen LogP contribution >= 0.6 is 0 Å². The average molecular weight is 195 g/mol. The maximum absolute atomic E-state index is 11.1. The van der Waals surface area contributed by atoms with Gasteiger partial charge in [-0.05, 0) is 6.92 Å². The Morgan fingerprint density at radius 2 is 2.00 bits per heavy atom. The van der Waals surface area contributed by atoms with Gasteiger partial charge in [-0.25, -0.2) is 9.36 Å². The molecule has 6 nitrogen and oxygen atoms in total. The number of hydrogen-bond donors (Lipinski definition) is 1. The Bertz CT molecular complexity index is 461. The first kappa shape index (κ1) is 10.1. The number of nitrogen functional groups attached to an aromatic ring is 1. The van der Waals surface area contributed by atoms with Gasteiger partial charge in [0.15, 0.2) is 5.78 Å². The van der Waals surface area contributed by atoms with Crippen molar-refractivity contribution in [1.29, 1.82) is 0 Å². The van der Waals surface area contributed by atoms with Crippen molar-refractivity contribution in [2.24, 2.45) is 0 Å². The van der Waals surface area contributed by atoms with E-state index in [1.165, 1.54) is 13.8 Å². The van der Waals surface area contributed by atoms with Crippen LogP contribution in [0, 0.1) is 0 Å². The highest BCUT2D eigenvalue weighted by atomic mass is 16.2. The van der Waals surface area contributed by atoms with Crippen LogP contribution in [0.15, 0.2) is 11.0 Å². The molecule has 0 fully saturated rings. The molecule has 0 aliphatic heterocycles. The second kappa shape index (κ2) is 3.41. The standard InChI is InChI=1S/C8H9N3O3/c1-4(12)6-3-11(5(2)13)8(14)10-7(6)9/h3H,1-2H3,(H2,9,10,14). The zero-order valence-electron chi connectivity index (χ0n) is 7.77. The van der Waals surface area contributed by atoms with E-state index in [2.05, 4.69) is 4.98 Å². The molecule has 14 heavy (non-hydrogen) atoms. The molecule has 0 amide bonds. The molecule has 1 rings (SSSR count). The summed E-state index contributed by atoms with van der Waals surface area (Å²) < 4.78 is 0.743. The van der Waals surface area contributed by atoms with E-state index in [-0.39, 0.29) is 17.2 Å². The quantitative estimate of drug-likeness (QED) is 0.620. The summed E-state index contributed by atoms with van der Waals surface area (Å²) in [5.74, 6) is -1.00. The Kier molecular flexibility index (Phi) is 2.46. The highest BCUT2D eigenvalue weighted by molar-refractivity contribution is 5.98. The molecule has 1 heterocycles. The van der Waals surface area contributed by atoms with Crippen LogP contribution in [0.25, 0.3) is 0 Å². The summed E-state index contributed by atoms with van der Waals surface area (Å²) in [6, 6.07) is 0. The molecule has 0 saturated carbocycles. The van der Waals surface area contributed by atoms with Crippen molar-refractivity contribution in [3.8, 4) is 0 Å². The van der Waals surface area contributed by atoms with Gasteiger partial charge in [0.05, 0.1) is 5.56 Å². The number of rotatable bonds is 1. The molecule has 1 aromatic rings. The van der Waals surface area contributed by atoms with Crippen LogP contribution in [0.4, 0.5) is 5.82 Å². The van der Waals surface area contributed by atoms with Crippen molar-refractivity contribution in [2.45, 2.75) is 13.8 Å². The molecule has 0 spiro atoms. The van der Waals surface area contributed by atoms with E-state index in [1.54, 1.807) is 0 Å². The summed E-state index contributed by atoms with van der Waals surface area (Å²) in [5, 5.41) is 0. The summed E-state index contributed by atoms with van der Waals surface area (Å²) in [6.45, 7) is 2.48. The van der Waals surface area contributed by atoms with Crippen LogP contribution < -0.4 is 11.4 Å². The molecule has 0 aliphatic rings. The number of hydrogen-bond acceptors (Lipinski definition) is 5. The molecule has 0 aromatic carbocycles. The van der Waals surface area contributed by atoms with E-state index in [0.717, 1.165) is 10.8 Å². The van der Waals surface area contributed by atoms with Gasteiger partial charge >= 0.3 is 5.69 Å². The van der Waals surface area contributed by atoms with Crippen molar-refractivity contribution >= 4 is 17.5 Å². The number of carbonyl (C=O) groups excluding carboxylic acids is 2. The van der Waals surface area contributed by atoms with Crippen LogP contribution in [0.2, 0.25) is 0 Å². The molecule has 0 bridgehead atoms. The molecular weight excluding hydrogens is 186 g/mol. The SMILES string of the molecule is CC(=O)c1cn(C(C)=O)c(=O)nc1N. The number of anilines is 1. The first-order valence-corrected chi connectivity index (χ1v) is 3.84. The smallest absolute Gasteiger partial charge is 0.356 e. The summed E-state index contributed by atoms with van der Waals surface area (Å²) in [6.07, 6.45) is 1.11. The van der Waals surface area contributed by atoms with Gasteiger partial charge < -0.3 is 5.73 Å². The predicted molar refractivity (Wildman–Crippen MR) is 49.2 cm³/mol. The van der Waals surface area contributed by atoms with Crippen molar-refractivity contribution in [3.05, 3.63) is 22.2 Å². The molecule has 0 atom stereocenters. The minimum absolute atomic E-state index is 0.0693. The summed E-state index contributed by atoms with van der Waals surface area (Å²) in [7, 11) is 0. The van der Waals surface area contributed by atoms with Crippen LogP contribution in [-0.4, -0.2) is 21.2 Å². The van der Waals surface area contributed by atoms with Crippen molar-refractivity contribution in [3.63, 3.8) is 0 Å². The molecule has 74 valence electrons. The minimum atomic E-state index is -0.778. The number of aromatic nitrogens is 2. The summed E-state index contributed by atoms with van der Waals surface area (Å²) in [5.41, 5.74) is 4.63. The molecule has 0 unspecified atom stereocenters. The lowest BCUT2D eigenvalue weighted by molar-refractivity contribution is 0.0930. The van der Waals surface area contributed by atoms with Gasteiger partial charge in [-0.2, -0.15) is 4.98 Å². The van der Waals surface area contributed by atoms with Crippen LogP contribution in [0.3, 0.4) is 0 Å². The Balaban J connectivity index is 3.50. The van der Waals surface area contributed by atoms with Crippen molar-refractivity contribution in [2.75, 3.05) is 5.73 Å². The number of ketones is 1. The maximum Gasteiger partial charge on any atom is 0.356 e. The molecule has 0 aliphatic carbocycles. The van der Waals surface area contributed by atoms with E-state index < -0.39 is 11.6 Å². The average Bonchev–Trinajstić information content (AvgIpc) is 2.02. The zero-order valence-corrected chi connectivity index (χ0v) is 7.77. The first-order valence-electron chi connectivity index (χ1n) is 3.84. The Morgan fingerprint density at radius 1 is 1.43 bits per heavy atom. The van der Waals surface area contributed by atoms with E-state index in [1.807, 2.05) is 0 Å². The lowest BCUT2D eigenvalue weighted by atomic mass is 10.2. The molecule has 0 radical (unpaired) electrons. The second-order valence-electron chi connectivity index (χ2n) is 2.77. The van der Waals surface area contributed by atoms with Gasteiger partial charge in [0.25, 0.3) is 0 Å². The van der Waals surface area contributed by atoms with Crippen LogP contribution in [-0.2, 0) is 0 Å². The Labute approximate surface area is 79.4 Å². The lowest BCUT2D eigenvalue weighted by Gasteiger charge is -2.03. The third-order valence-electron chi connectivity index (χ3n) is 1.67. The topological polar surface area (TPSA) is 95.0 Å². The highest BCUT2D eigenvalue weighted by Gasteiger charge is 2.11. The molecule has 2 N–H and O–H groups in total. The van der Waals surface area contributed by atoms with Gasteiger partial charge in [-0.3, -0.25) is 9.59 Å². The molecule has 6 heteroatoms. The predicted octanol–water partition coefficient (Wildman–Crippen LogP) is -0.312. The van der Waals surface area contributed by atoms with E-state index in [9.17, 15) is 14.4 Å². The number of nitrogens with zero attached hydrogens (tertiary/aromatic N) is 2. The fraction of sp³-hybridized carbons (Fsp3) is 0.250. The second-order valence-corrected chi connectivity index (χ2v) is 2.77. The van der Waals surface area contributed by atoms with E-state index in [4.69, 9.17) is 5.73 Å². The fourth-order valence-electron chi connectivity index (χ4n) is 0.964. The number of nitrogens with two attached hydrogens (primary N) is 1. The summed E-state index contributed by atoms with van der Waals surface area (Å²) >= 11 is 0. The minimum Gasteiger partial charge on any atom is -0.383 e. The Morgan fingerprint density at radius 3 is 2.43 bits per heavy atom.